The highest BCUT2D eigenvalue weighted by molar-refractivity contribution is 6.07. The quantitative estimate of drug-likeness (QED) is 0.310. The van der Waals surface area contributed by atoms with Crippen LogP contribution in [0.15, 0.2) is 48.7 Å². The molecule has 0 spiro atoms. The highest BCUT2D eigenvalue weighted by atomic mass is 19.1. The molecule has 1 fully saturated rings. The molecular weight excluding hydrogens is 500 g/mol. The predicted molar refractivity (Wildman–Crippen MR) is 145 cm³/mol. The Morgan fingerprint density at radius 1 is 1.03 bits per heavy atom. The summed E-state index contributed by atoms with van der Waals surface area (Å²) in [6.07, 6.45) is 3.30. The lowest BCUT2D eigenvalue weighted by Crippen LogP contribution is -2.27. The van der Waals surface area contributed by atoms with Gasteiger partial charge < -0.3 is 14.4 Å². The first-order valence-electron chi connectivity index (χ1n) is 13.2. The molecule has 7 nitrogen and oxygen atoms in total. The number of benzene rings is 2. The minimum absolute atomic E-state index is 0.0632. The van der Waals surface area contributed by atoms with Crippen molar-refractivity contribution in [1.82, 2.24) is 24.5 Å². The van der Waals surface area contributed by atoms with Gasteiger partial charge in [-0.2, -0.15) is 0 Å². The fraction of sp³-hybridized carbons (Fsp3) is 0.367. The standard InChI is InChI=1S/C30H31F2N5O2/c1-17-28(36(4)35-34-17)20-13-26-27(33-16-20)24-6-5-21(30(2,3)38)14-25(24)37(26)29(18-7-9-39-10-8-18)19-11-22(31)15-23(32)12-19/h5-6,11-16,18,29,38H,7-10H2,1-4H3/t29-/m1/s1. The summed E-state index contributed by atoms with van der Waals surface area (Å²) in [7, 11) is 1.84. The van der Waals surface area contributed by atoms with Gasteiger partial charge in [0.15, 0.2) is 0 Å². The molecule has 4 heterocycles. The number of pyridine rings is 1. The summed E-state index contributed by atoms with van der Waals surface area (Å²) in [6, 6.07) is 11.3. The van der Waals surface area contributed by atoms with Gasteiger partial charge >= 0.3 is 0 Å². The molecule has 0 unspecified atom stereocenters. The molecule has 0 bridgehead atoms. The van der Waals surface area contributed by atoms with Crippen molar-refractivity contribution >= 4 is 21.9 Å². The molecular formula is C30H31F2N5O2. The van der Waals surface area contributed by atoms with Crippen molar-refractivity contribution < 1.29 is 18.6 Å². The van der Waals surface area contributed by atoms with E-state index in [4.69, 9.17) is 9.72 Å². The van der Waals surface area contributed by atoms with Gasteiger partial charge in [0.25, 0.3) is 0 Å². The molecule has 1 atom stereocenters. The highest BCUT2D eigenvalue weighted by Crippen LogP contribution is 2.42. The maximum Gasteiger partial charge on any atom is 0.126 e. The average molecular weight is 532 g/mol. The molecule has 2 aromatic carbocycles. The molecule has 0 radical (unpaired) electrons. The van der Waals surface area contributed by atoms with Crippen LogP contribution in [0.3, 0.4) is 0 Å². The molecule has 1 aliphatic heterocycles. The lowest BCUT2D eigenvalue weighted by Gasteiger charge is -2.33. The largest absolute Gasteiger partial charge is 0.386 e. The topological polar surface area (TPSA) is 78.0 Å². The molecule has 1 aliphatic rings. The molecule has 9 heteroatoms. The van der Waals surface area contributed by atoms with Crippen LogP contribution in [0, 0.1) is 24.5 Å². The molecule has 0 aliphatic carbocycles. The van der Waals surface area contributed by atoms with Crippen molar-refractivity contribution in [3.8, 4) is 11.3 Å². The fourth-order valence-electron chi connectivity index (χ4n) is 5.98. The van der Waals surface area contributed by atoms with Gasteiger partial charge in [0.1, 0.15) is 11.6 Å². The fourth-order valence-corrected chi connectivity index (χ4v) is 5.98. The first-order valence-corrected chi connectivity index (χ1v) is 13.2. The number of hydrogen-bond donors (Lipinski definition) is 1. The lowest BCUT2D eigenvalue weighted by molar-refractivity contribution is 0.0552. The van der Waals surface area contributed by atoms with E-state index >= 15 is 0 Å². The van der Waals surface area contributed by atoms with E-state index in [1.54, 1.807) is 18.5 Å². The monoisotopic (exact) mass is 531 g/mol. The molecule has 202 valence electrons. The van der Waals surface area contributed by atoms with Gasteiger partial charge in [0.2, 0.25) is 0 Å². The first kappa shape index (κ1) is 25.6. The Balaban J connectivity index is 1.71. The van der Waals surface area contributed by atoms with Crippen molar-refractivity contribution in [1.29, 1.82) is 0 Å². The van der Waals surface area contributed by atoms with E-state index in [9.17, 15) is 13.9 Å². The highest BCUT2D eigenvalue weighted by Gasteiger charge is 2.32. The predicted octanol–water partition coefficient (Wildman–Crippen LogP) is 5.82. The summed E-state index contributed by atoms with van der Waals surface area (Å²) in [6.45, 7) is 6.54. The minimum atomic E-state index is -1.08. The van der Waals surface area contributed by atoms with Crippen molar-refractivity contribution in [2.75, 3.05) is 13.2 Å². The second-order valence-corrected chi connectivity index (χ2v) is 11.0. The van der Waals surface area contributed by atoms with E-state index in [-0.39, 0.29) is 12.0 Å². The van der Waals surface area contributed by atoms with Crippen LogP contribution in [0.4, 0.5) is 8.78 Å². The maximum absolute atomic E-state index is 14.6. The Morgan fingerprint density at radius 3 is 2.38 bits per heavy atom. The van der Waals surface area contributed by atoms with Crippen LogP contribution < -0.4 is 0 Å². The van der Waals surface area contributed by atoms with Crippen LogP contribution in [-0.4, -0.2) is 42.9 Å². The summed E-state index contributed by atoms with van der Waals surface area (Å²) < 4.78 is 38.8. The molecule has 39 heavy (non-hydrogen) atoms. The third-order valence-corrected chi connectivity index (χ3v) is 7.83. The van der Waals surface area contributed by atoms with E-state index < -0.39 is 17.2 Å². The zero-order valence-corrected chi connectivity index (χ0v) is 22.4. The van der Waals surface area contributed by atoms with Crippen LogP contribution in [0.2, 0.25) is 0 Å². The molecule has 5 aromatic rings. The van der Waals surface area contributed by atoms with Gasteiger partial charge in [0.05, 0.1) is 39.6 Å². The number of aryl methyl sites for hydroxylation is 2. The number of aliphatic hydroxyl groups is 1. The van der Waals surface area contributed by atoms with Crippen LogP contribution in [0.25, 0.3) is 33.2 Å². The number of hydrogen-bond acceptors (Lipinski definition) is 5. The smallest absolute Gasteiger partial charge is 0.126 e. The summed E-state index contributed by atoms with van der Waals surface area (Å²) >= 11 is 0. The van der Waals surface area contributed by atoms with E-state index in [0.29, 0.717) is 18.8 Å². The number of ether oxygens (including phenoxy) is 1. The summed E-state index contributed by atoms with van der Waals surface area (Å²) in [5.41, 5.74) is 5.13. The van der Waals surface area contributed by atoms with Crippen LogP contribution in [0.5, 0.6) is 0 Å². The van der Waals surface area contributed by atoms with Crippen LogP contribution in [0.1, 0.15) is 49.6 Å². The Morgan fingerprint density at radius 2 is 1.74 bits per heavy atom. The molecule has 1 N–H and O–H groups in total. The number of fused-ring (bicyclic) bond motifs is 3. The van der Waals surface area contributed by atoms with Crippen molar-refractivity contribution in [2.24, 2.45) is 13.0 Å². The van der Waals surface area contributed by atoms with E-state index in [0.717, 1.165) is 63.4 Å². The second-order valence-electron chi connectivity index (χ2n) is 11.0. The van der Waals surface area contributed by atoms with Gasteiger partial charge in [-0.05, 0) is 74.9 Å². The summed E-state index contributed by atoms with van der Waals surface area (Å²) in [5, 5.41) is 20.1. The first-order chi connectivity index (χ1) is 18.6. The molecule has 0 saturated carbocycles. The minimum Gasteiger partial charge on any atom is -0.386 e. The molecule has 6 rings (SSSR count). The Bertz CT molecular complexity index is 1660. The van der Waals surface area contributed by atoms with Gasteiger partial charge in [-0.15, -0.1) is 5.10 Å². The van der Waals surface area contributed by atoms with E-state index in [1.165, 1.54) is 12.1 Å². The van der Waals surface area contributed by atoms with Crippen LogP contribution >= 0.6 is 0 Å². The third-order valence-electron chi connectivity index (χ3n) is 7.83. The maximum atomic E-state index is 14.6. The molecule has 0 amide bonds. The molecule has 1 saturated heterocycles. The van der Waals surface area contributed by atoms with Crippen molar-refractivity contribution in [3.05, 3.63) is 77.1 Å². The van der Waals surface area contributed by atoms with Gasteiger partial charge in [-0.3, -0.25) is 4.98 Å². The Labute approximate surface area is 225 Å². The van der Waals surface area contributed by atoms with Gasteiger partial charge in [-0.25, -0.2) is 13.5 Å². The van der Waals surface area contributed by atoms with Crippen LogP contribution in [-0.2, 0) is 17.4 Å². The third kappa shape index (κ3) is 4.49. The number of nitrogens with zero attached hydrogens (tertiary/aromatic N) is 5. The summed E-state index contributed by atoms with van der Waals surface area (Å²) in [5.74, 6) is -1.17. The van der Waals surface area contributed by atoms with Gasteiger partial charge in [-0.1, -0.05) is 17.3 Å². The Kier molecular flexibility index (Phi) is 6.23. The summed E-state index contributed by atoms with van der Waals surface area (Å²) in [4.78, 5) is 4.89. The SMILES string of the molecule is Cc1nnn(C)c1-c1cnc2c3ccc(C(C)(C)O)cc3n([C@@H](c3cc(F)cc(F)c3)C3CCOCC3)c2c1. The van der Waals surface area contributed by atoms with Crippen molar-refractivity contribution in [3.63, 3.8) is 0 Å². The number of halogens is 2. The van der Waals surface area contributed by atoms with Crippen molar-refractivity contribution in [2.45, 2.75) is 45.3 Å². The molecule has 3 aromatic heterocycles. The Hall–Kier alpha value is -3.69. The zero-order chi connectivity index (χ0) is 27.5. The normalized spacial score (nSPS) is 15.9. The number of rotatable bonds is 5. The van der Waals surface area contributed by atoms with Gasteiger partial charge in [0, 0.05) is 43.5 Å². The number of aromatic nitrogens is 5. The average Bonchev–Trinajstić information content (AvgIpc) is 3.39. The second kappa shape index (κ2) is 9.50. The van der Waals surface area contributed by atoms with E-state index in [2.05, 4.69) is 20.9 Å². The lowest BCUT2D eigenvalue weighted by atomic mass is 9.86. The van der Waals surface area contributed by atoms with E-state index in [1.807, 2.05) is 38.4 Å². The zero-order valence-electron chi connectivity index (χ0n) is 22.4.